The molecule has 2 N–H and O–H groups in total. The van der Waals surface area contributed by atoms with E-state index < -0.39 is 17.5 Å². The molecule has 0 radical (unpaired) electrons. The van der Waals surface area contributed by atoms with Crippen LogP contribution in [0.2, 0.25) is 5.02 Å². The maximum atomic E-state index is 10.8. The Morgan fingerprint density at radius 3 is 2.40 bits per heavy atom. The summed E-state index contributed by atoms with van der Waals surface area (Å²) in [7, 11) is 0. The molecule has 2 rings (SSSR count). The molecule has 0 fully saturated rings. The quantitative estimate of drug-likeness (QED) is 0.513. The Morgan fingerprint density at radius 1 is 1.10 bits per heavy atom. The smallest absolute Gasteiger partial charge is 0.343 e. The summed E-state index contributed by atoms with van der Waals surface area (Å²) in [6, 6.07) is 10.0. The summed E-state index contributed by atoms with van der Waals surface area (Å²) in [5.41, 5.74) is -0.0543. The molecule has 0 bridgehead atoms. The van der Waals surface area contributed by atoms with Gasteiger partial charge in [-0.3, -0.25) is 0 Å². The van der Waals surface area contributed by atoms with E-state index in [9.17, 15) is 9.59 Å². The number of hydrogen-bond acceptors (Lipinski definition) is 3. The molecule has 0 aliphatic carbocycles. The van der Waals surface area contributed by atoms with E-state index in [1.807, 2.05) is 0 Å². The molecule has 1 heterocycles. The van der Waals surface area contributed by atoms with E-state index in [0.29, 0.717) is 16.3 Å². The number of carboxylic acids is 2. The molecule has 0 aliphatic heterocycles. The number of benzene rings is 1. The fourth-order valence-electron chi connectivity index (χ4n) is 1.58. The lowest BCUT2D eigenvalue weighted by Gasteiger charge is -1.97. The first-order valence-electron chi connectivity index (χ1n) is 5.51. The largest absolute Gasteiger partial charge is 0.477 e. The van der Waals surface area contributed by atoms with E-state index in [4.69, 9.17) is 26.2 Å². The normalized spacial score (nSPS) is 10.1. The lowest BCUT2D eigenvalue weighted by Crippen LogP contribution is -2.10. The van der Waals surface area contributed by atoms with Crippen LogP contribution in [-0.4, -0.2) is 22.2 Å². The van der Waals surface area contributed by atoms with Gasteiger partial charge in [0.05, 0.1) is 0 Å². The zero-order valence-electron chi connectivity index (χ0n) is 10.0. The number of carboxylic acid groups (broad SMARTS) is 2. The van der Waals surface area contributed by atoms with Gasteiger partial charge in [0.15, 0.2) is 0 Å². The summed E-state index contributed by atoms with van der Waals surface area (Å²) >= 11 is 5.86. The minimum Gasteiger partial charge on any atom is -0.477 e. The average Bonchev–Trinajstić information content (AvgIpc) is 2.83. The summed E-state index contributed by atoms with van der Waals surface area (Å²) < 4.78 is 5.39. The molecular formula is C14H9ClO5. The highest BCUT2D eigenvalue weighted by Gasteiger charge is 2.17. The Hall–Kier alpha value is -2.53. The highest BCUT2D eigenvalue weighted by Crippen LogP contribution is 2.25. The third kappa shape index (κ3) is 3.07. The van der Waals surface area contributed by atoms with Gasteiger partial charge in [-0.1, -0.05) is 23.7 Å². The Morgan fingerprint density at radius 2 is 1.80 bits per heavy atom. The Kier molecular flexibility index (Phi) is 3.91. The van der Waals surface area contributed by atoms with E-state index in [1.165, 1.54) is 6.07 Å². The van der Waals surface area contributed by atoms with Crippen molar-refractivity contribution < 1.29 is 24.2 Å². The first-order valence-corrected chi connectivity index (χ1v) is 5.89. The van der Waals surface area contributed by atoms with Crippen molar-refractivity contribution in [1.29, 1.82) is 0 Å². The van der Waals surface area contributed by atoms with Gasteiger partial charge in [-0.05, 0) is 24.3 Å². The predicted octanol–water partition coefficient (Wildman–Crippen LogP) is 3.15. The third-order valence-corrected chi connectivity index (χ3v) is 2.72. The molecule has 0 amide bonds. The zero-order chi connectivity index (χ0) is 14.7. The number of rotatable bonds is 4. The van der Waals surface area contributed by atoms with Crippen LogP contribution in [-0.2, 0) is 9.59 Å². The second-order valence-electron chi connectivity index (χ2n) is 3.88. The number of carbonyl (C=O) groups is 2. The number of aliphatic carboxylic acids is 2. The number of hydrogen-bond donors (Lipinski definition) is 2. The molecule has 0 spiro atoms. The van der Waals surface area contributed by atoms with E-state index in [2.05, 4.69) is 0 Å². The molecule has 1 aromatic heterocycles. The van der Waals surface area contributed by atoms with E-state index in [-0.39, 0.29) is 5.76 Å². The molecule has 20 heavy (non-hydrogen) atoms. The van der Waals surface area contributed by atoms with Gasteiger partial charge < -0.3 is 14.6 Å². The van der Waals surface area contributed by atoms with Crippen LogP contribution >= 0.6 is 11.6 Å². The van der Waals surface area contributed by atoms with Gasteiger partial charge in [-0.15, -0.1) is 0 Å². The van der Waals surface area contributed by atoms with Gasteiger partial charge in [0, 0.05) is 16.7 Å². The molecule has 0 atom stereocenters. The van der Waals surface area contributed by atoms with Gasteiger partial charge in [0.25, 0.3) is 0 Å². The van der Waals surface area contributed by atoms with Crippen LogP contribution in [0.25, 0.3) is 17.4 Å². The molecule has 0 unspecified atom stereocenters. The second-order valence-corrected chi connectivity index (χ2v) is 4.32. The topological polar surface area (TPSA) is 87.7 Å². The van der Waals surface area contributed by atoms with Crippen molar-refractivity contribution in [2.24, 2.45) is 0 Å². The van der Waals surface area contributed by atoms with Crippen LogP contribution in [0, 0.1) is 0 Å². The van der Waals surface area contributed by atoms with Crippen molar-refractivity contribution >= 4 is 29.6 Å². The van der Waals surface area contributed by atoms with Gasteiger partial charge in [-0.2, -0.15) is 0 Å². The van der Waals surface area contributed by atoms with E-state index in [0.717, 1.165) is 6.08 Å². The highest BCUT2D eigenvalue weighted by molar-refractivity contribution is 6.30. The van der Waals surface area contributed by atoms with Crippen molar-refractivity contribution in [3.8, 4) is 11.3 Å². The van der Waals surface area contributed by atoms with Gasteiger partial charge >= 0.3 is 11.9 Å². The zero-order valence-corrected chi connectivity index (χ0v) is 10.8. The van der Waals surface area contributed by atoms with Crippen molar-refractivity contribution in [3.05, 3.63) is 52.8 Å². The molecule has 1 aromatic carbocycles. The van der Waals surface area contributed by atoms with Crippen LogP contribution in [0.15, 0.2) is 46.4 Å². The van der Waals surface area contributed by atoms with Crippen LogP contribution in [0.5, 0.6) is 0 Å². The monoisotopic (exact) mass is 292 g/mol. The van der Waals surface area contributed by atoms with Crippen molar-refractivity contribution in [2.45, 2.75) is 0 Å². The van der Waals surface area contributed by atoms with Crippen LogP contribution < -0.4 is 0 Å². The van der Waals surface area contributed by atoms with Crippen molar-refractivity contribution in [2.75, 3.05) is 0 Å². The lowest BCUT2D eigenvalue weighted by atomic mass is 10.2. The minimum atomic E-state index is -1.53. The predicted molar refractivity (Wildman–Crippen MR) is 72.4 cm³/mol. The van der Waals surface area contributed by atoms with Gasteiger partial charge in [0.2, 0.25) is 0 Å². The SMILES string of the molecule is O=C(O)C(=Cc1ccc(-c2cccc(Cl)c2)o1)C(=O)O. The van der Waals surface area contributed by atoms with Crippen LogP contribution in [0.3, 0.4) is 0 Å². The summed E-state index contributed by atoms with van der Waals surface area (Å²) in [5.74, 6) is -2.45. The summed E-state index contributed by atoms with van der Waals surface area (Å²) in [4.78, 5) is 21.5. The van der Waals surface area contributed by atoms with Crippen molar-refractivity contribution in [1.82, 2.24) is 0 Å². The maximum absolute atomic E-state index is 10.8. The fourth-order valence-corrected chi connectivity index (χ4v) is 1.77. The van der Waals surface area contributed by atoms with Gasteiger partial charge in [0.1, 0.15) is 17.1 Å². The van der Waals surface area contributed by atoms with E-state index >= 15 is 0 Å². The molecule has 6 heteroatoms. The van der Waals surface area contributed by atoms with Gasteiger partial charge in [-0.25, -0.2) is 9.59 Å². The summed E-state index contributed by atoms with van der Waals surface area (Å²) in [6.07, 6.45) is 0.957. The first-order chi connectivity index (χ1) is 9.47. The molecule has 0 saturated carbocycles. The average molecular weight is 293 g/mol. The van der Waals surface area contributed by atoms with Crippen molar-refractivity contribution in [3.63, 3.8) is 0 Å². The molecule has 2 aromatic rings. The molecule has 5 nitrogen and oxygen atoms in total. The van der Waals surface area contributed by atoms with E-state index in [1.54, 1.807) is 30.3 Å². The number of furan rings is 1. The Bertz CT molecular complexity index is 683. The maximum Gasteiger partial charge on any atom is 0.343 e. The second kappa shape index (κ2) is 5.63. The molecule has 102 valence electrons. The summed E-state index contributed by atoms with van der Waals surface area (Å²) in [5, 5.41) is 18.0. The third-order valence-electron chi connectivity index (χ3n) is 2.48. The Labute approximate surface area is 118 Å². The van der Waals surface area contributed by atoms with Crippen LogP contribution in [0.1, 0.15) is 5.76 Å². The Balaban J connectivity index is 2.36. The lowest BCUT2D eigenvalue weighted by molar-refractivity contribution is -0.140. The molecular weight excluding hydrogens is 284 g/mol. The van der Waals surface area contributed by atoms with Crippen LogP contribution in [0.4, 0.5) is 0 Å². The summed E-state index contributed by atoms with van der Waals surface area (Å²) in [6.45, 7) is 0. The number of halogens is 1. The minimum absolute atomic E-state index is 0.139. The molecule has 0 saturated heterocycles. The highest BCUT2D eigenvalue weighted by atomic mass is 35.5. The first kappa shape index (κ1) is 13.9. The molecule has 0 aliphatic rings. The standard InChI is InChI=1S/C14H9ClO5/c15-9-3-1-2-8(6-9)12-5-4-10(20-12)7-11(13(16)17)14(18)19/h1-7H,(H,16,17)(H,18,19). The fraction of sp³-hybridized carbons (Fsp3) is 0.